The number of aliphatic hydroxyl groups excluding tert-OH is 1. The van der Waals surface area contributed by atoms with Gasteiger partial charge >= 0.3 is 0 Å². The van der Waals surface area contributed by atoms with Gasteiger partial charge in [-0.3, -0.25) is 14.5 Å². The Morgan fingerprint density at radius 1 is 0.946 bits per heavy atom. The summed E-state index contributed by atoms with van der Waals surface area (Å²) < 4.78 is 22.2. The Balaban J connectivity index is 1.64. The number of carbonyl (C=O) groups is 2. The van der Waals surface area contributed by atoms with Gasteiger partial charge in [-0.25, -0.2) is 0 Å². The molecule has 1 unspecified atom stereocenters. The topological polar surface area (TPSA) is 94.5 Å². The quantitative estimate of drug-likeness (QED) is 0.257. The van der Waals surface area contributed by atoms with Gasteiger partial charge in [-0.05, 0) is 55.3 Å². The summed E-state index contributed by atoms with van der Waals surface area (Å²) in [6.07, 6.45) is 0.828. The van der Waals surface area contributed by atoms with Crippen LogP contribution in [0.15, 0.2) is 72.3 Å². The van der Waals surface area contributed by atoms with Gasteiger partial charge in [0.25, 0.3) is 11.7 Å². The van der Waals surface area contributed by atoms with E-state index >= 15 is 0 Å². The lowest BCUT2D eigenvalue weighted by Crippen LogP contribution is -2.29. The summed E-state index contributed by atoms with van der Waals surface area (Å²) in [4.78, 5) is 28.2. The van der Waals surface area contributed by atoms with Crippen molar-refractivity contribution in [1.29, 1.82) is 0 Å². The van der Waals surface area contributed by atoms with E-state index in [0.717, 1.165) is 6.42 Å². The lowest BCUT2D eigenvalue weighted by atomic mass is 9.95. The molecule has 0 bridgehead atoms. The van der Waals surface area contributed by atoms with Crippen molar-refractivity contribution >= 4 is 23.1 Å². The molecule has 0 spiro atoms. The molecular formula is C29H27NO7. The molecule has 0 aromatic heterocycles. The second kappa shape index (κ2) is 10.3. The van der Waals surface area contributed by atoms with Crippen molar-refractivity contribution in [2.75, 3.05) is 24.9 Å². The van der Waals surface area contributed by atoms with Gasteiger partial charge in [-0.2, -0.15) is 0 Å². The highest BCUT2D eigenvalue weighted by molar-refractivity contribution is 6.51. The Morgan fingerprint density at radius 2 is 1.73 bits per heavy atom. The first-order valence-electron chi connectivity index (χ1n) is 12.2. The third-order valence-corrected chi connectivity index (χ3v) is 6.17. The number of fused-ring (bicyclic) bond motifs is 1. The van der Waals surface area contributed by atoms with Crippen LogP contribution >= 0.6 is 0 Å². The predicted molar refractivity (Wildman–Crippen MR) is 137 cm³/mol. The second-order valence-corrected chi connectivity index (χ2v) is 8.59. The molecule has 1 fully saturated rings. The fourth-order valence-electron chi connectivity index (χ4n) is 4.47. The van der Waals surface area contributed by atoms with Gasteiger partial charge in [0.2, 0.25) is 6.79 Å². The maximum Gasteiger partial charge on any atom is 0.300 e. The molecule has 1 N–H and O–H groups in total. The highest BCUT2D eigenvalue weighted by atomic mass is 16.7. The molecule has 8 heteroatoms. The minimum Gasteiger partial charge on any atom is -0.507 e. The summed E-state index contributed by atoms with van der Waals surface area (Å²) in [7, 11) is 0. The predicted octanol–water partition coefficient (Wildman–Crippen LogP) is 5.23. The Bertz CT molecular complexity index is 1360. The van der Waals surface area contributed by atoms with Crippen LogP contribution in [0.3, 0.4) is 0 Å². The number of benzene rings is 3. The summed E-state index contributed by atoms with van der Waals surface area (Å²) in [6, 6.07) is 18.2. The molecule has 8 nitrogen and oxygen atoms in total. The fraction of sp³-hybridized carbons (Fsp3) is 0.241. The number of ketones is 1. The summed E-state index contributed by atoms with van der Waals surface area (Å²) in [5, 5.41) is 11.4. The van der Waals surface area contributed by atoms with Gasteiger partial charge in [0.05, 0.1) is 24.8 Å². The minimum atomic E-state index is -0.878. The zero-order valence-corrected chi connectivity index (χ0v) is 20.6. The fourth-order valence-corrected chi connectivity index (χ4v) is 4.47. The van der Waals surface area contributed by atoms with E-state index in [1.165, 1.54) is 4.90 Å². The van der Waals surface area contributed by atoms with Crippen LogP contribution in [0, 0.1) is 0 Å². The monoisotopic (exact) mass is 501 g/mol. The third-order valence-electron chi connectivity index (χ3n) is 6.17. The summed E-state index contributed by atoms with van der Waals surface area (Å²) in [5.74, 6) is 0.446. The minimum absolute atomic E-state index is 0.0144. The van der Waals surface area contributed by atoms with Crippen LogP contribution in [0.5, 0.6) is 23.0 Å². The number of ether oxygens (including phenoxy) is 4. The maximum absolute atomic E-state index is 13.4. The first-order valence-corrected chi connectivity index (χ1v) is 12.2. The van der Waals surface area contributed by atoms with Crippen molar-refractivity contribution in [2.24, 2.45) is 0 Å². The van der Waals surface area contributed by atoms with Crippen molar-refractivity contribution < 1.29 is 33.6 Å². The molecule has 37 heavy (non-hydrogen) atoms. The number of Topliss-reactive ketones (excluding diaryl/α,β-unsaturated/α-hetero) is 1. The average Bonchev–Trinajstić information content (AvgIpc) is 3.49. The first kappa shape index (κ1) is 24.2. The standard InChI is InChI=1S/C29H27NO7/c1-3-14-35-22-7-5-6-19(15-22)27(31)25-26(18-8-11-21(12-9-18)34-4-2)30(29(33)28(25)32)20-10-13-23-24(16-20)37-17-36-23/h5-13,15-16,26,31H,3-4,14,17H2,1-2H3/b27-25+. The van der Waals surface area contributed by atoms with Crippen LogP contribution in [-0.2, 0) is 9.59 Å². The van der Waals surface area contributed by atoms with Crippen LogP contribution in [0.2, 0.25) is 0 Å². The van der Waals surface area contributed by atoms with Crippen molar-refractivity contribution in [3.63, 3.8) is 0 Å². The Kier molecular flexibility index (Phi) is 6.72. The van der Waals surface area contributed by atoms with E-state index in [1.807, 2.05) is 13.8 Å². The van der Waals surface area contributed by atoms with Crippen LogP contribution < -0.4 is 23.8 Å². The van der Waals surface area contributed by atoms with E-state index in [2.05, 4.69) is 0 Å². The van der Waals surface area contributed by atoms with E-state index in [9.17, 15) is 14.7 Å². The highest BCUT2D eigenvalue weighted by Crippen LogP contribution is 2.45. The lowest BCUT2D eigenvalue weighted by Gasteiger charge is -2.25. The van der Waals surface area contributed by atoms with Gasteiger partial charge in [-0.1, -0.05) is 31.2 Å². The Hall–Kier alpha value is -4.46. The summed E-state index contributed by atoms with van der Waals surface area (Å²) in [5.41, 5.74) is 1.46. The van der Waals surface area contributed by atoms with Gasteiger partial charge in [0.15, 0.2) is 11.5 Å². The zero-order valence-electron chi connectivity index (χ0n) is 20.6. The molecule has 1 saturated heterocycles. The second-order valence-electron chi connectivity index (χ2n) is 8.59. The van der Waals surface area contributed by atoms with Crippen LogP contribution in [0.1, 0.15) is 37.4 Å². The smallest absolute Gasteiger partial charge is 0.300 e. The molecule has 190 valence electrons. The third kappa shape index (κ3) is 4.58. The normalized spacial score (nSPS) is 17.8. The molecule has 0 saturated carbocycles. The molecular weight excluding hydrogens is 474 g/mol. The molecule has 3 aromatic rings. The van der Waals surface area contributed by atoms with Crippen LogP contribution in [0.25, 0.3) is 5.76 Å². The Labute approximate surface area is 214 Å². The van der Waals surface area contributed by atoms with Crippen molar-refractivity contribution in [2.45, 2.75) is 26.3 Å². The number of carbonyl (C=O) groups excluding carboxylic acids is 2. The molecule has 1 atom stereocenters. The number of aliphatic hydroxyl groups is 1. The molecule has 2 aliphatic rings. The highest BCUT2D eigenvalue weighted by Gasteiger charge is 2.47. The van der Waals surface area contributed by atoms with Crippen molar-refractivity contribution in [3.05, 3.63) is 83.4 Å². The lowest BCUT2D eigenvalue weighted by molar-refractivity contribution is -0.132. The van der Waals surface area contributed by atoms with Gasteiger partial charge in [0.1, 0.15) is 17.3 Å². The maximum atomic E-state index is 13.4. The summed E-state index contributed by atoms with van der Waals surface area (Å²) >= 11 is 0. The molecule has 1 amide bonds. The number of rotatable bonds is 8. The molecule has 3 aromatic carbocycles. The largest absolute Gasteiger partial charge is 0.507 e. The molecule has 2 aliphatic heterocycles. The number of anilines is 1. The van der Waals surface area contributed by atoms with Gasteiger partial charge < -0.3 is 24.1 Å². The van der Waals surface area contributed by atoms with E-state index in [4.69, 9.17) is 18.9 Å². The average molecular weight is 502 g/mol. The SMILES string of the molecule is CCCOc1cccc(/C(O)=C2\C(=O)C(=O)N(c3ccc4c(c3)OCO4)C2c2ccc(OCC)cc2)c1. The Morgan fingerprint density at radius 3 is 2.49 bits per heavy atom. The van der Waals surface area contributed by atoms with Gasteiger partial charge in [0, 0.05) is 17.3 Å². The van der Waals surface area contributed by atoms with Crippen molar-refractivity contribution in [1.82, 2.24) is 0 Å². The van der Waals surface area contributed by atoms with E-state index in [1.54, 1.807) is 66.7 Å². The number of hydrogen-bond donors (Lipinski definition) is 1. The van der Waals surface area contributed by atoms with Crippen LogP contribution in [-0.4, -0.2) is 36.8 Å². The summed E-state index contributed by atoms with van der Waals surface area (Å²) in [6.45, 7) is 4.99. The first-order chi connectivity index (χ1) is 18.0. The van der Waals surface area contributed by atoms with Crippen LogP contribution in [0.4, 0.5) is 5.69 Å². The molecule has 5 rings (SSSR count). The molecule has 0 radical (unpaired) electrons. The van der Waals surface area contributed by atoms with E-state index < -0.39 is 17.7 Å². The number of nitrogens with zero attached hydrogens (tertiary/aromatic N) is 1. The van der Waals surface area contributed by atoms with Gasteiger partial charge in [-0.15, -0.1) is 0 Å². The number of amides is 1. The molecule has 0 aliphatic carbocycles. The molecule has 2 heterocycles. The zero-order chi connectivity index (χ0) is 25.9. The number of hydrogen-bond acceptors (Lipinski definition) is 7. The van der Waals surface area contributed by atoms with E-state index in [0.29, 0.717) is 53.0 Å². The van der Waals surface area contributed by atoms with E-state index in [-0.39, 0.29) is 18.1 Å². The van der Waals surface area contributed by atoms with Crippen molar-refractivity contribution in [3.8, 4) is 23.0 Å².